The van der Waals surface area contributed by atoms with Gasteiger partial charge in [-0.1, -0.05) is 37.0 Å². The maximum absolute atomic E-state index is 12.5. The molecule has 1 saturated heterocycles. The summed E-state index contributed by atoms with van der Waals surface area (Å²) in [5.41, 5.74) is 1.81. The van der Waals surface area contributed by atoms with Gasteiger partial charge in [0, 0.05) is 38.3 Å². The van der Waals surface area contributed by atoms with Crippen LogP contribution in [0.4, 0.5) is 0 Å². The van der Waals surface area contributed by atoms with Gasteiger partial charge in [-0.3, -0.25) is 14.6 Å². The molecule has 1 aliphatic carbocycles. The van der Waals surface area contributed by atoms with E-state index < -0.39 is 5.54 Å². The molecular weight excluding hydrogens is 352 g/mol. The molecule has 0 radical (unpaired) electrons. The average molecular weight is 385 g/mol. The van der Waals surface area contributed by atoms with E-state index in [9.17, 15) is 10.1 Å². The minimum atomic E-state index is -0.640. The van der Waals surface area contributed by atoms with Gasteiger partial charge < -0.3 is 10.1 Å². The smallest absolute Gasteiger partial charge is 0.235 e. The summed E-state index contributed by atoms with van der Waals surface area (Å²) in [6.07, 6.45) is 4.76. The molecule has 28 heavy (non-hydrogen) atoms. The fourth-order valence-electron chi connectivity index (χ4n) is 4.31. The van der Waals surface area contributed by atoms with E-state index in [0.717, 1.165) is 70.6 Å². The van der Waals surface area contributed by atoms with Crippen molar-refractivity contribution in [2.75, 3.05) is 39.8 Å². The Morgan fingerprint density at radius 2 is 1.86 bits per heavy atom. The second-order valence-corrected chi connectivity index (χ2v) is 8.17. The molecule has 2 fully saturated rings. The third kappa shape index (κ3) is 5.24. The summed E-state index contributed by atoms with van der Waals surface area (Å²) in [5, 5.41) is 12.6. The van der Waals surface area contributed by atoms with Crippen LogP contribution < -0.4 is 10.1 Å². The summed E-state index contributed by atoms with van der Waals surface area (Å²) in [7, 11) is 1.71. The lowest BCUT2D eigenvalue weighted by molar-refractivity contribution is -0.124. The van der Waals surface area contributed by atoms with Gasteiger partial charge in [0.1, 0.15) is 11.3 Å². The third-order valence-corrected chi connectivity index (χ3v) is 5.96. The van der Waals surface area contributed by atoms with Gasteiger partial charge in [0.05, 0.1) is 19.7 Å². The van der Waals surface area contributed by atoms with E-state index in [1.807, 2.05) is 6.07 Å². The predicted octanol–water partition coefficient (Wildman–Crippen LogP) is 2.46. The van der Waals surface area contributed by atoms with Gasteiger partial charge in [-0.2, -0.15) is 5.26 Å². The number of ether oxygens (including phenoxy) is 1. The number of methoxy groups -OCH3 is 1. The van der Waals surface area contributed by atoms with E-state index in [1.165, 1.54) is 11.1 Å². The fraction of sp³-hybridized carbons (Fsp3) is 0.636. The highest BCUT2D eigenvalue weighted by Crippen LogP contribution is 2.27. The minimum absolute atomic E-state index is 0.0164. The predicted molar refractivity (Wildman–Crippen MR) is 109 cm³/mol. The molecule has 1 amide bonds. The third-order valence-electron chi connectivity index (χ3n) is 5.96. The Hall–Kier alpha value is -2.10. The van der Waals surface area contributed by atoms with Crippen molar-refractivity contribution < 1.29 is 9.53 Å². The first kappa shape index (κ1) is 20.6. The summed E-state index contributed by atoms with van der Waals surface area (Å²) in [4.78, 5) is 17.1. The molecule has 1 aromatic carbocycles. The number of benzene rings is 1. The zero-order valence-electron chi connectivity index (χ0n) is 17.2. The summed E-state index contributed by atoms with van der Waals surface area (Å²) >= 11 is 0. The Balaban J connectivity index is 1.47. The Kier molecular flexibility index (Phi) is 6.93. The molecular formula is C22H32N4O2. The minimum Gasteiger partial charge on any atom is -0.496 e. The molecule has 0 spiro atoms. The first-order valence-corrected chi connectivity index (χ1v) is 10.3. The van der Waals surface area contributed by atoms with Crippen LogP contribution in [-0.2, 0) is 11.3 Å². The highest BCUT2D eigenvalue weighted by molar-refractivity contribution is 5.79. The van der Waals surface area contributed by atoms with E-state index >= 15 is 0 Å². The first-order chi connectivity index (χ1) is 13.5. The van der Waals surface area contributed by atoms with Gasteiger partial charge in [0.2, 0.25) is 5.91 Å². The van der Waals surface area contributed by atoms with Crippen LogP contribution in [0.5, 0.6) is 5.75 Å². The molecule has 6 heteroatoms. The molecule has 2 aliphatic rings. The summed E-state index contributed by atoms with van der Waals surface area (Å²) < 4.78 is 5.49. The Labute approximate surface area is 168 Å². The zero-order chi connectivity index (χ0) is 20.0. The van der Waals surface area contributed by atoms with Crippen molar-refractivity contribution in [2.45, 2.75) is 51.1 Å². The summed E-state index contributed by atoms with van der Waals surface area (Å²) in [5.74, 6) is 0.916. The van der Waals surface area contributed by atoms with Gasteiger partial charge in [0.15, 0.2) is 0 Å². The monoisotopic (exact) mass is 384 g/mol. The molecule has 3 rings (SSSR count). The van der Waals surface area contributed by atoms with Gasteiger partial charge >= 0.3 is 0 Å². The quantitative estimate of drug-likeness (QED) is 0.816. The van der Waals surface area contributed by atoms with Crippen molar-refractivity contribution in [1.29, 1.82) is 5.26 Å². The highest BCUT2D eigenvalue weighted by atomic mass is 16.5. The van der Waals surface area contributed by atoms with Crippen molar-refractivity contribution in [2.24, 2.45) is 0 Å². The van der Waals surface area contributed by atoms with Crippen LogP contribution in [0.1, 0.15) is 43.2 Å². The molecule has 1 saturated carbocycles. The lowest BCUT2D eigenvalue weighted by Crippen LogP contribution is -2.54. The van der Waals surface area contributed by atoms with Gasteiger partial charge in [-0.25, -0.2) is 0 Å². The van der Waals surface area contributed by atoms with E-state index in [4.69, 9.17) is 4.74 Å². The maximum Gasteiger partial charge on any atom is 0.235 e. The zero-order valence-corrected chi connectivity index (χ0v) is 17.2. The molecule has 1 aromatic rings. The lowest BCUT2D eigenvalue weighted by atomic mass is 9.83. The van der Waals surface area contributed by atoms with Crippen LogP contribution in [0.25, 0.3) is 0 Å². The van der Waals surface area contributed by atoms with Crippen LogP contribution in [0.3, 0.4) is 0 Å². The topological polar surface area (TPSA) is 68.6 Å². The fourth-order valence-corrected chi connectivity index (χ4v) is 4.31. The number of rotatable bonds is 6. The van der Waals surface area contributed by atoms with E-state index in [1.54, 1.807) is 7.11 Å². The summed E-state index contributed by atoms with van der Waals surface area (Å²) in [6, 6.07) is 8.65. The standard InChI is InChI=1S/C22H32N4O2/c1-18-6-7-20(28-2)19(14-18)15-25-10-12-26(13-11-25)16-21(27)24-22(17-23)8-4-3-5-9-22/h6-7,14H,3-5,8-13,15-16H2,1-2H3,(H,24,27). The van der Waals surface area contributed by atoms with Crippen LogP contribution >= 0.6 is 0 Å². The largest absolute Gasteiger partial charge is 0.496 e. The van der Waals surface area contributed by atoms with E-state index in [2.05, 4.69) is 40.2 Å². The molecule has 0 aromatic heterocycles. The van der Waals surface area contributed by atoms with Crippen LogP contribution in [0.15, 0.2) is 18.2 Å². The van der Waals surface area contributed by atoms with Crippen molar-refractivity contribution >= 4 is 5.91 Å². The average Bonchev–Trinajstić information content (AvgIpc) is 2.70. The van der Waals surface area contributed by atoms with Crippen LogP contribution in [-0.4, -0.2) is 61.1 Å². The molecule has 0 atom stereocenters. The lowest BCUT2D eigenvalue weighted by Gasteiger charge is -2.36. The second-order valence-electron chi connectivity index (χ2n) is 8.17. The molecule has 1 aliphatic heterocycles. The first-order valence-electron chi connectivity index (χ1n) is 10.3. The summed E-state index contributed by atoms with van der Waals surface area (Å²) in [6.45, 7) is 6.91. The normalized spacial score (nSPS) is 20.3. The molecule has 6 nitrogen and oxygen atoms in total. The Morgan fingerprint density at radius 1 is 1.18 bits per heavy atom. The van der Waals surface area contributed by atoms with Crippen molar-refractivity contribution in [3.8, 4) is 11.8 Å². The van der Waals surface area contributed by atoms with Crippen molar-refractivity contribution in [3.05, 3.63) is 29.3 Å². The second kappa shape index (κ2) is 9.40. The number of piperazine rings is 1. The molecule has 0 bridgehead atoms. The number of nitrogens with zero attached hydrogens (tertiary/aromatic N) is 3. The number of nitrogens with one attached hydrogen (secondary N) is 1. The maximum atomic E-state index is 12.5. The van der Waals surface area contributed by atoms with Crippen molar-refractivity contribution in [1.82, 2.24) is 15.1 Å². The van der Waals surface area contributed by atoms with Gasteiger partial charge in [-0.15, -0.1) is 0 Å². The SMILES string of the molecule is COc1ccc(C)cc1CN1CCN(CC(=O)NC2(C#N)CCCCC2)CC1. The number of aryl methyl sites for hydroxylation is 1. The van der Waals surface area contributed by atoms with Crippen molar-refractivity contribution in [3.63, 3.8) is 0 Å². The van der Waals surface area contributed by atoms with E-state index in [-0.39, 0.29) is 5.91 Å². The van der Waals surface area contributed by atoms with Gasteiger partial charge in [0.25, 0.3) is 0 Å². The molecule has 0 unspecified atom stereocenters. The number of carbonyl (C=O) groups is 1. The highest BCUT2D eigenvalue weighted by Gasteiger charge is 2.34. The van der Waals surface area contributed by atoms with E-state index in [0.29, 0.717) is 6.54 Å². The number of carbonyl (C=O) groups excluding carboxylic acids is 1. The number of hydrogen-bond acceptors (Lipinski definition) is 5. The number of amides is 1. The van der Waals surface area contributed by atoms with Crippen LogP contribution in [0.2, 0.25) is 0 Å². The number of hydrogen-bond donors (Lipinski definition) is 1. The van der Waals surface area contributed by atoms with Gasteiger partial charge in [-0.05, 0) is 25.8 Å². The number of nitriles is 1. The Bertz CT molecular complexity index is 714. The van der Waals surface area contributed by atoms with Crippen LogP contribution in [0, 0.1) is 18.3 Å². The Morgan fingerprint density at radius 3 is 2.50 bits per heavy atom. The molecule has 1 heterocycles. The molecule has 1 N–H and O–H groups in total. The molecule has 152 valence electrons.